The van der Waals surface area contributed by atoms with Crippen molar-refractivity contribution in [3.05, 3.63) is 24.9 Å². The number of carbonyl (C=O) groups excluding carboxylic acids is 4. The number of nitrogens with zero attached hydrogens (tertiary/aromatic N) is 3. The van der Waals surface area contributed by atoms with Crippen molar-refractivity contribution in [3.8, 4) is 0 Å². The van der Waals surface area contributed by atoms with Gasteiger partial charge in [-0.05, 0) is 108 Å². The van der Waals surface area contributed by atoms with Crippen LogP contribution in [-0.2, 0) is 29.4 Å². The van der Waals surface area contributed by atoms with E-state index in [0.29, 0.717) is 19.4 Å². The fourth-order valence-corrected chi connectivity index (χ4v) is 14.1. The van der Waals surface area contributed by atoms with Gasteiger partial charge in [0.15, 0.2) is 0 Å². The van der Waals surface area contributed by atoms with E-state index in [9.17, 15) is 22.8 Å². The summed E-state index contributed by atoms with van der Waals surface area (Å²) in [4.78, 5) is 63.1. The number of likely N-dealkylation sites (tertiary alicyclic amines) is 2. The lowest BCUT2D eigenvalue weighted by atomic mass is 9.73. The second-order valence-corrected chi connectivity index (χ2v) is 23.4. The zero-order valence-corrected chi connectivity index (χ0v) is 39.9. The third kappa shape index (κ3) is 8.33. The third-order valence-corrected chi connectivity index (χ3v) is 18.4. The third-order valence-electron chi connectivity index (χ3n) is 16.6. The monoisotopic (exact) mass is 870 g/mol. The topological polar surface area (TPSA) is 160 Å². The van der Waals surface area contributed by atoms with Crippen LogP contribution in [0.2, 0.25) is 0 Å². The van der Waals surface area contributed by atoms with Crippen LogP contribution < -0.4 is 20.7 Å². The predicted molar refractivity (Wildman–Crippen MR) is 240 cm³/mol. The second kappa shape index (κ2) is 17.2. The van der Waals surface area contributed by atoms with Crippen LogP contribution in [0.4, 0.5) is 0 Å². The van der Waals surface area contributed by atoms with E-state index in [2.05, 4.69) is 66.4 Å². The fraction of sp³-hybridized carbons (Fsp3) is 0.830. The van der Waals surface area contributed by atoms with E-state index < -0.39 is 39.3 Å². The molecule has 61 heavy (non-hydrogen) atoms. The van der Waals surface area contributed by atoms with Gasteiger partial charge in [0.05, 0.1) is 11.6 Å². The number of piperidine rings is 1. The molecule has 2 aliphatic heterocycles. The van der Waals surface area contributed by atoms with E-state index in [-0.39, 0.29) is 82.1 Å². The summed E-state index contributed by atoms with van der Waals surface area (Å²) in [6.07, 6.45) is 13.2. The lowest BCUT2D eigenvalue weighted by Crippen LogP contribution is -2.63. The lowest BCUT2D eigenvalue weighted by Gasteiger charge is -2.40. The molecule has 6 fully saturated rings. The fourth-order valence-electron chi connectivity index (χ4n) is 12.6. The number of hydrogen-bond acceptors (Lipinski definition) is 7. The minimum Gasteiger partial charge on any atom is -0.343 e. The molecule has 6 rings (SSSR count). The van der Waals surface area contributed by atoms with Gasteiger partial charge in [0.2, 0.25) is 23.6 Å². The van der Waals surface area contributed by atoms with Gasteiger partial charge in [0.1, 0.15) is 18.1 Å². The van der Waals surface area contributed by atoms with Crippen molar-refractivity contribution < 1.29 is 27.6 Å². The molecule has 0 aromatic carbocycles. The molecule has 0 radical (unpaired) electrons. The molecule has 2 saturated heterocycles. The Hall–Kier alpha value is -2.97. The van der Waals surface area contributed by atoms with E-state index in [1.807, 2.05) is 20.8 Å². The van der Waals surface area contributed by atoms with Gasteiger partial charge in [-0.25, -0.2) is 0 Å². The van der Waals surface area contributed by atoms with Crippen LogP contribution in [0.15, 0.2) is 24.9 Å². The number of rotatable bonds is 16. The highest BCUT2D eigenvalue weighted by Crippen LogP contribution is 2.88. The normalized spacial score (nSPS) is 30.8. The minimum absolute atomic E-state index is 0.0218. The first kappa shape index (κ1) is 47.5. The molecule has 0 aromatic rings. The van der Waals surface area contributed by atoms with Crippen LogP contribution in [-0.4, -0.2) is 108 Å². The number of nitrogens with one attached hydrogen (secondary N) is 4. The van der Waals surface area contributed by atoms with E-state index in [1.54, 1.807) is 31.7 Å². The molecule has 4 N–H and O–H groups in total. The number of amides is 4. The van der Waals surface area contributed by atoms with Crippen LogP contribution in [0.25, 0.3) is 0 Å². The first-order valence-corrected chi connectivity index (χ1v) is 25.0. The average molecular weight is 870 g/mol. The van der Waals surface area contributed by atoms with Crippen molar-refractivity contribution >= 4 is 33.8 Å². The highest BCUT2D eigenvalue weighted by atomic mass is 32.2. The highest BCUT2D eigenvalue weighted by Gasteiger charge is 2.85. The van der Waals surface area contributed by atoms with E-state index in [1.165, 1.54) is 4.31 Å². The molecule has 4 aliphatic carbocycles. The van der Waals surface area contributed by atoms with Gasteiger partial charge in [-0.3, -0.25) is 28.8 Å². The van der Waals surface area contributed by atoms with Crippen LogP contribution in [0.3, 0.4) is 0 Å². The largest absolute Gasteiger partial charge is 0.343 e. The van der Waals surface area contributed by atoms with E-state index in [0.717, 1.165) is 77.2 Å². The maximum Gasteiger partial charge on any atom is 0.301 e. The predicted octanol–water partition coefficient (Wildman–Crippen LogP) is 5.78. The standard InChI is InChI=1S/C47H79N7O6S/c1-13-34-27-47(34,32(7)51-61(59,60)54(14-2)31(5)6)50-40(56)36-28-46(44(11,12)45(46)24-20-25-45)29-53(36)42(58)38(43(8,9)10)49-41(57)37(33-21-16-15-17-22-33)48-39(55)35-23-18-19-26-52(35)30(3)4/h13,30-31,33-38,51H,1,7,14-29H2,2-6,8-12H3,(H,48,55)(H,49,57)(H,50,56)/t34-,35-,36+,37+,38-,46-,47+/m1/s1. The van der Waals surface area contributed by atoms with Crippen LogP contribution in [0.1, 0.15) is 153 Å². The smallest absolute Gasteiger partial charge is 0.301 e. The molecule has 4 amide bonds. The summed E-state index contributed by atoms with van der Waals surface area (Å²) in [5.41, 5.74) is -2.05. The summed E-state index contributed by atoms with van der Waals surface area (Å²) in [5, 5.41) is 9.64. The molecule has 6 aliphatic rings. The molecule has 0 unspecified atom stereocenters. The number of fused-ring (bicyclic) bond motifs is 1. The Morgan fingerprint density at radius 3 is 2.02 bits per heavy atom. The molecule has 0 bridgehead atoms. The maximum absolute atomic E-state index is 15.4. The van der Waals surface area contributed by atoms with Crippen molar-refractivity contribution in [2.45, 2.75) is 194 Å². The molecular weight excluding hydrogens is 791 g/mol. The summed E-state index contributed by atoms with van der Waals surface area (Å²) in [6.45, 7) is 29.6. The molecule has 13 nitrogen and oxygen atoms in total. The second-order valence-electron chi connectivity index (χ2n) is 21.8. The van der Waals surface area contributed by atoms with Crippen molar-refractivity contribution in [2.24, 2.45) is 33.5 Å². The SMILES string of the molecule is C=C[C@@H]1C[C@]1(NC(=O)[C@@H]1C[C@@]2(CN1C(=O)[C@@H](NC(=O)[C@@H](NC(=O)[C@H]1CCCCN1C(C)C)C1CCCCC1)C(C)(C)C)C(C)(C)C21CCC1)C(=C)NS(=O)(=O)N(CC)C(C)C. The zero-order valence-electron chi connectivity index (χ0n) is 39.1. The number of hydrogen-bond donors (Lipinski definition) is 4. The molecular formula is C47H79N7O6S. The van der Waals surface area contributed by atoms with Crippen molar-refractivity contribution in [3.63, 3.8) is 0 Å². The summed E-state index contributed by atoms with van der Waals surface area (Å²) >= 11 is 0. The quantitative estimate of drug-likeness (QED) is 0.143. The summed E-state index contributed by atoms with van der Waals surface area (Å²) in [5.74, 6) is -1.47. The zero-order chi connectivity index (χ0) is 45.1. The van der Waals surface area contributed by atoms with E-state index >= 15 is 4.79 Å². The molecule has 2 spiro atoms. The van der Waals surface area contributed by atoms with Gasteiger partial charge >= 0.3 is 10.2 Å². The molecule has 344 valence electrons. The van der Waals surface area contributed by atoms with E-state index in [4.69, 9.17) is 0 Å². The number of carbonyl (C=O) groups is 4. The molecule has 14 heteroatoms. The molecule has 2 heterocycles. The Morgan fingerprint density at radius 1 is 0.869 bits per heavy atom. The molecule has 0 aromatic heterocycles. The summed E-state index contributed by atoms with van der Waals surface area (Å²) < 4.78 is 31.1. The van der Waals surface area contributed by atoms with Crippen molar-refractivity contribution in [1.29, 1.82) is 0 Å². The Balaban J connectivity index is 1.28. The van der Waals surface area contributed by atoms with Gasteiger partial charge in [0.25, 0.3) is 0 Å². The Kier molecular flexibility index (Phi) is 13.4. The van der Waals surface area contributed by atoms with Crippen LogP contribution in [0, 0.1) is 33.5 Å². The first-order chi connectivity index (χ1) is 28.4. The Bertz CT molecular complexity index is 1830. The lowest BCUT2D eigenvalue weighted by molar-refractivity contribution is -0.145. The van der Waals surface area contributed by atoms with Gasteiger partial charge in [-0.2, -0.15) is 12.7 Å². The Morgan fingerprint density at radius 2 is 1.51 bits per heavy atom. The summed E-state index contributed by atoms with van der Waals surface area (Å²) in [7, 11) is -3.97. The minimum atomic E-state index is -3.97. The molecule has 7 atom stereocenters. The van der Waals surface area contributed by atoms with Crippen LogP contribution in [0.5, 0.6) is 0 Å². The van der Waals surface area contributed by atoms with Gasteiger partial charge in [0, 0.05) is 42.2 Å². The van der Waals surface area contributed by atoms with Gasteiger partial charge in [-0.1, -0.05) is 86.3 Å². The summed E-state index contributed by atoms with van der Waals surface area (Å²) in [6, 6.07) is -3.03. The first-order valence-electron chi connectivity index (χ1n) is 23.6. The molecule has 4 saturated carbocycles. The van der Waals surface area contributed by atoms with Gasteiger partial charge < -0.3 is 20.9 Å². The maximum atomic E-state index is 15.4. The van der Waals surface area contributed by atoms with Gasteiger partial charge in [-0.15, -0.1) is 6.58 Å². The highest BCUT2D eigenvalue weighted by molar-refractivity contribution is 7.87. The van der Waals surface area contributed by atoms with Crippen LogP contribution >= 0.6 is 0 Å². The average Bonchev–Trinajstić information content (AvgIpc) is 3.90. The van der Waals surface area contributed by atoms with Crippen molar-refractivity contribution in [2.75, 3.05) is 19.6 Å². The Labute approximate surface area is 367 Å². The van der Waals surface area contributed by atoms with Crippen molar-refractivity contribution in [1.82, 2.24) is 34.8 Å².